The standard InChI is InChI=1S/C14H22N2O4/c1-15-9-11(7-12(15)17)14(20)16-6-2-3-10(8-16)4-5-13(18)19/h10-11H,2-9H2,1H3,(H,18,19)/t10-,11+/m1/s1. The Kier molecular flexibility index (Phi) is 4.62. The summed E-state index contributed by atoms with van der Waals surface area (Å²) < 4.78 is 0. The van der Waals surface area contributed by atoms with Crippen LogP contribution in [0.3, 0.4) is 0 Å². The third kappa shape index (κ3) is 3.49. The van der Waals surface area contributed by atoms with Crippen molar-refractivity contribution in [2.24, 2.45) is 11.8 Å². The number of nitrogens with zero attached hydrogens (tertiary/aromatic N) is 2. The maximum Gasteiger partial charge on any atom is 0.303 e. The minimum absolute atomic E-state index is 0.0304. The number of carboxylic acid groups (broad SMARTS) is 1. The molecule has 112 valence electrons. The van der Waals surface area contributed by atoms with Crippen molar-refractivity contribution < 1.29 is 19.5 Å². The van der Waals surface area contributed by atoms with Crippen molar-refractivity contribution in [1.82, 2.24) is 9.80 Å². The summed E-state index contributed by atoms with van der Waals surface area (Å²) in [7, 11) is 1.72. The highest BCUT2D eigenvalue weighted by Gasteiger charge is 2.36. The first-order chi connectivity index (χ1) is 9.47. The predicted octanol–water partition coefficient (Wildman–Crippen LogP) is 0.568. The summed E-state index contributed by atoms with van der Waals surface area (Å²) in [5.41, 5.74) is 0. The highest BCUT2D eigenvalue weighted by atomic mass is 16.4. The molecule has 1 N–H and O–H groups in total. The van der Waals surface area contributed by atoms with Crippen LogP contribution >= 0.6 is 0 Å². The molecular formula is C14H22N2O4. The lowest BCUT2D eigenvalue weighted by Gasteiger charge is -2.34. The van der Waals surface area contributed by atoms with Crippen LogP contribution in [0.5, 0.6) is 0 Å². The first kappa shape index (κ1) is 14.8. The van der Waals surface area contributed by atoms with Gasteiger partial charge in [-0.15, -0.1) is 0 Å². The molecule has 6 heteroatoms. The van der Waals surface area contributed by atoms with Gasteiger partial charge in [0.2, 0.25) is 11.8 Å². The lowest BCUT2D eigenvalue weighted by molar-refractivity contribution is -0.138. The fourth-order valence-electron chi connectivity index (χ4n) is 3.12. The summed E-state index contributed by atoms with van der Waals surface area (Å²) in [6.07, 6.45) is 3.01. The Morgan fingerprint density at radius 3 is 2.70 bits per heavy atom. The van der Waals surface area contributed by atoms with E-state index >= 15 is 0 Å². The van der Waals surface area contributed by atoms with E-state index in [2.05, 4.69) is 0 Å². The molecular weight excluding hydrogens is 260 g/mol. The molecule has 0 unspecified atom stereocenters. The Balaban J connectivity index is 1.87. The highest BCUT2D eigenvalue weighted by molar-refractivity contribution is 5.89. The van der Waals surface area contributed by atoms with Crippen molar-refractivity contribution in [1.29, 1.82) is 0 Å². The number of likely N-dealkylation sites (tertiary alicyclic amines) is 2. The molecule has 20 heavy (non-hydrogen) atoms. The fourth-order valence-corrected chi connectivity index (χ4v) is 3.12. The van der Waals surface area contributed by atoms with Gasteiger partial charge in [0.15, 0.2) is 0 Å². The van der Waals surface area contributed by atoms with Gasteiger partial charge in [-0.1, -0.05) is 0 Å². The molecule has 0 saturated carbocycles. The average molecular weight is 282 g/mol. The number of carboxylic acids is 1. The molecule has 6 nitrogen and oxygen atoms in total. The van der Waals surface area contributed by atoms with E-state index in [1.165, 1.54) is 0 Å². The first-order valence-electron chi connectivity index (χ1n) is 7.22. The van der Waals surface area contributed by atoms with E-state index in [1.54, 1.807) is 11.9 Å². The molecule has 0 aromatic heterocycles. The Morgan fingerprint density at radius 1 is 1.35 bits per heavy atom. The van der Waals surface area contributed by atoms with Crippen molar-refractivity contribution in [3.63, 3.8) is 0 Å². The maximum absolute atomic E-state index is 12.4. The molecule has 2 rings (SSSR count). The molecule has 0 radical (unpaired) electrons. The van der Waals surface area contributed by atoms with Crippen LogP contribution in [-0.4, -0.2) is 59.4 Å². The number of aliphatic carboxylic acids is 1. The second-order valence-electron chi connectivity index (χ2n) is 5.90. The van der Waals surface area contributed by atoms with Gasteiger partial charge in [0.05, 0.1) is 5.92 Å². The molecule has 0 aromatic carbocycles. The predicted molar refractivity (Wildman–Crippen MR) is 71.9 cm³/mol. The maximum atomic E-state index is 12.4. The Bertz CT molecular complexity index is 410. The summed E-state index contributed by atoms with van der Waals surface area (Å²) >= 11 is 0. The molecule has 0 aromatic rings. The SMILES string of the molecule is CN1C[C@@H](C(=O)N2CCC[C@H](CCC(=O)O)C2)CC1=O. The minimum atomic E-state index is -0.781. The van der Waals surface area contributed by atoms with E-state index in [0.29, 0.717) is 25.9 Å². The van der Waals surface area contributed by atoms with Gasteiger partial charge in [0, 0.05) is 39.5 Å². The van der Waals surface area contributed by atoms with Gasteiger partial charge < -0.3 is 14.9 Å². The van der Waals surface area contributed by atoms with Crippen molar-refractivity contribution in [3.8, 4) is 0 Å². The number of hydrogen-bond donors (Lipinski definition) is 1. The largest absolute Gasteiger partial charge is 0.481 e. The number of piperidine rings is 1. The normalized spacial score (nSPS) is 26.9. The van der Waals surface area contributed by atoms with Crippen LogP contribution in [0.4, 0.5) is 0 Å². The Labute approximate surface area is 118 Å². The minimum Gasteiger partial charge on any atom is -0.481 e. The van der Waals surface area contributed by atoms with Gasteiger partial charge in [-0.2, -0.15) is 0 Å². The summed E-state index contributed by atoms with van der Waals surface area (Å²) in [6, 6.07) is 0. The zero-order chi connectivity index (χ0) is 14.7. The van der Waals surface area contributed by atoms with Gasteiger partial charge in [-0.3, -0.25) is 14.4 Å². The van der Waals surface area contributed by atoms with Crippen LogP contribution < -0.4 is 0 Å². The molecule has 2 heterocycles. The number of rotatable bonds is 4. The van der Waals surface area contributed by atoms with Crippen LogP contribution in [-0.2, 0) is 14.4 Å². The second kappa shape index (κ2) is 6.24. The fraction of sp³-hybridized carbons (Fsp3) is 0.786. The molecule has 0 bridgehead atoms. The molecule has 2 fully saturated rings. The number of hydrogen-bond acceptors (Lipinski definition) is 3. The van der Waals surface area contributed by atoms with Crippen LogP contribution in [0.1, 0.15) is 32.1 Å². The molecule has 0 aliphatic carbocycles. The molecule has 0 spiro atoms. The van der Waals surface area contributed by atoms with Crippen LogP contribution in [0, 0.1) is 11.8 Å². The van der Waals surface area contributed by atoms with Crippen molar-refractivity contribution in [3.05, 3.63) is 0 Å². The van der Waals surface area contributed by atoms with Crippen molar-refractivity contribution in [2.75, 3.05) is 26.7 Å². The van der Waals surface area contributed by atoms with Gasteiger partial charge in [-0.05, 0) is 25.2 Å². The highest BCUT2D eigenvalue weighted by Crippen LogP contribution is 2.25. The number of amides is 2. The molecule has 2 aliphatic rings. The Morgan fingerprint density at radius 2 is 2.10 bits per heavy atom. The zero-order valence-corrected chi connectivity index (χ0v) is 11.9. The van der Waals surface area contributed by atoms with E-state index in [0.717, 1.165) is 19.4 Å². The van der Waals surface area contributed by atoms with Gasteiger partial charge in [0.1, 0.15) is 0 Å². The summed E-state index contributed by atoms with van der Waals surface area (Å²) in [5, 5.41) is 8.73. The summed E-state index contributed by atoms with van der Waals surface area (Å²) in [4.78, 5) is 38.0. The van der Waals surface area contributed by atoms with E-state index in [1.807, 2.05) is 4.90 Å². The molecule has 2 saturated heterocycles. The summed E-state index contributed by atoms with van der Waals surface area (Å²) in [5.74, 6) is -0.633. The van der Waals surface area contributed by atoms with E-state index in [9.17, 15) is 14.4 Å². The van der Waals surface area contributed by atoms with Crippen molar-refractivity contribution in [2.45, 2.75) is 32.1 Å². The van der Waals surface area contributed by atoms with E-state index in [4.69, 9.17) is 5.11 Å². The zero-order valence-electron chi connectivity index (χ0n) is 11.9. The third-order valence-electron chi connectivity index (χ3n) is 4.29. The number of carbonyl (C=O) groups is 3. The van der Waals surface area contributed by atoms with Gasteiger partial charge in [-0.25, -0.2) is 0 Å². The lowest BCUT2D eigenvalue weighted by atomic mass is 9.92. The first-order valence-corrected chi connectivity index (χ1v) is 7.22. The number of carbonyl (C=O) groups excluding carboxylic acids is 2. The second-order valence-corrected chi connectivity index (χ2v) is 5.90. The van der Waals surface area contributed by atoms with E-state index in [-0.39, 0.29) is 30.1 Å². The quantitative estimate of drug-likeness (QED) is 0.817. The van der Waals surface area contributed by atoms with Gasteiger partial charge in [0.25, 0.3) is 0 Å². The molecule has 2 aliphatic heterocycles. The molecule has 2 atom stereocenters. The lowest BCUT2D eigenvalue weighted by Crippen LogP contribution is -2.43. The third-order valence-corrected chi connectivity index (χ3v) is 4.29. The summed E-state index contributed by atoms with van der Waals surface area (Å²) in [6.45, 7) is 1.88. The van der Waals surface area contributed by atoms with Crippen LogP contribution in [0.2, 0.25) is 0 Å². The monoisotopic (exact) mass is 282 g/mol. The topological polar surface area (TPSA) is 77.9 Å². The smallest absolute Gasteiger partial charge is 0.303 e. The van der Waals surface area contributed by atoms with E-state index < -0.39 is 5.97 Å². The van der Waals surface area contributed by atoms with Gasteiger partial charge >= 0.3 is 5.97 Å². The Hall–Kier alpha value is -1.59. The van der Waals surface area contributed by atoms with Crippen LogP contribution in [0.25, 0.3) is 0 Å². The van der Waals surface area contributed by atoms with Crippen molar-refractivity contribution >= 4 is 17.8 Å². The average Bonchev–Trinajstić information content (AvgIpc) is 2.76. The van der Waals surface area contributed by atoms with Crippen LogP contribution in [0.15, 0.2) is 0 Å². The molecule has 2 amide bonds.